The van der Waals surface area contributed by atoms with Crippen LogP contribution in [0.2, 0.25) is 0 Å². The van der Waals surface area contributed by atoms with Crippen LogP contribution in [0.25, 0.3) is 0 Å². The normalized spacial score (nSPS) is 10.2. The van der Waals surface area contributed by atoms with Crippen molar-refractivity contribution in [3.8, 4) is 0 Å². The summed E-state index contributed by atoms with van der Waals surface area (Å²) in [5.74, 6) is 0.629. The molecule has 54 valence electrons. The topological polar surface area (TPSA) is 9.23 Å². The summed E-state index contributed by atoms with van der Waals surface area (Å²) in [6.07, 6.45) is 0. The Morgan fingerprint density at radius 3 is 2.44 bits per heavy atom. The van der Waals surface area contributed by atoms with Crippen LogP contribution in [0.1, 0.15) is 20.8 Å². The van der Waals surface area contributed by atoms with Gasteiger partial charge in [-0.05, 0) is 12.8 Å². The lowest BCUT2D eigenvalue weighted by Crippen LogP contribution is -2.03. The molecular weight excluding hydrogens is 112 g/mol. The second-order valence-corrected chi connectivity index (χ2v) is 2.87. The highest BCUT2D eigenvalue weighted by Gasteiger charge is 1.91. The van der Waals surface area contributed by atoms with Crippen LogP contribution in [-0.4, -0.2) is 13.2 Å². The van der Waals surface area contributed by atoms with Gasteiger partial charge in [0.2, 0.25) is 0 Å². The predicted molar refractivity (Wildman–Crippen MR) is 40.5 cm³/mol. The molecule has 0 spiro atoms. The van der Waals surface area contributed by atoms with E-state index < -0.39 is 0 Å². The fourth-order valence-electron chi connectivity index (χ4n) is 0.469. The van der Waals surface area contributed by atoms with Crippen LogP contribution in [0, 0.1) is 5.92 Å². The SMILES string of the molecule is C=C(C)COCC(C)C. The van der Waals surface area contributed by atoms with Gasteiger partial charge in [0.15, 0.2) is 0 Å². The first kappa shape index (κ1) is 8.70. The zero-order chi connectivity index (χ0) is 7.28. The predicted octanol–water partition coefficient (Wildman–Crippen LogP) is 2.24. The average molecular weight is 128 g/mol. The maximum Gasteiger partial charge on any atom is 0.0671 e. The smallest absolute Gasteiger partial charge is 0.0671 e. The van der Waals surface area contributed by atoms with E-state index in [-0.39, 0.29) is 0 Å². The van der Waals surface area contributed by atoms with E-state index in [2.05, 4.69) is 20.4 Å². The molecule has 0 bridgehead atoms. The molecule has 0 amide bonds. The van der Waals surface area contributed by atoms with E-state index in [1.165, 1.54) is 0 Å². The van der Waals surface area contributed by atoms with Crippen molar-refractivity contribution in [1.82, 2.24) is 0 Å². The molecule has 0 radical (unpaired) electrons. The largest absolute Gasteiger partial charge is 0.377 e. The second-order valence-electron chi connectivity index (χ2n) is 2.87. The van der Waals surface area contributed by atoms with Gasteiger partial charge in [-0.15, -0.1) is 0 Å². The van der Waals surface area contributed by atoms with Gasteiger partial charge in [-0.2, -0.15) is 0 Å². The first-order valence-corrected chi connectivity index (χ1v) is 3.35. The maximum absolute atomic E-state index is 5.26. The third kappa shape index (κ3) is 7.70. The number of hydrogen-bond donors (Lipinski definition) is 0. The Morgan fingerprint density at radius 2 is 2.11 bits per heavy atom. The van der Waals surface area contributed by atoms with Gasteiger partial charge in [0.05, 0.1) is 6.61 Å². The van der Waals surface area contributed by atoms with Crippen molar-refractivity contribution in [2.24, 2.45) is 5.92 Å². The van der Waals surface area contributed by atoms with Crippen LogP contribution in [-0.2, 0) is 4.74 Å². The molecule has 0 unspecified atom stereocenters. The highest BCUT2D eigenvalue weighted by atomic mass is 16.5. The van der Waals surface area contributed by atoms with E-state index in [0.717, 1.165) is 12.2 Å². The fraction of sp³-hybridized carbons (Fsp3) is 0.750. The van der Waals surface area contributed by atoms with Crippen LogP contribution in [0.4, 0.5) is 0 Å². The first-order valence-electron chi connectivity index (χ1n) is 3.35. The van der Waals surface area contributed by atoms with Crippen molar-refractivity contribution in [2.45, 2.75) is 20.8 Å². The van der Waals surface area contributed by atoms with E-state index >= 15 is 0 Å². The van der Waals surface area contributed by atoms with Gasteiger partial charge in [-0.3, -0.25) is 0 Å². The quantitative estimate of drug-likeness (QED) is 0.527. The van der Waals surface area contributed by atoms with Gasteiger partial charge in [0.1, 0.15) is 0 Å². The molecular formula is C8H16O. The summed E-state index contributed by atoms with van der Waals surface area (Å²) < 4.78 is 5.26. The van der Waals surface area contributed by atoms with Crippen molar-refractivity contribution >= 4 is 0 Å². The van der Waals surface area contributed by atoms with Gasteiger partial charge in [0.25, 0.3) is 0 Å². The van der Waals surface area contributed by atoms with Gasteiger partial charge in [0, 0.05) is 6.61 Å². The van der Waals surface area contributed by atoms with Crippen LogP contribution < -0.4 is 0 Å². The molecule has 0 fully saturated rings. The van der Waals surface area contributed by atoms with Crippen LogP contribution >= 0.6 is 0 Å². The molecule has 0 saturated carbocycles. The lowest BCUT2D eigenvalue weighted by Gasteiger charge is -2.04. The maximum atomic E-state index is 5.26. The Labute approximate surface area is 57.7 Å². The molecule has 0 N–H and O–H groups in total. The molecule has 9 heavy (non-hydrogen) atoms. The van der Waals surface area contributed by atoms with Crippen LogP contribution in [0.15, 0.2) is 12.2 Å². The van der Waals surface area contributed by atoms with Crippen molar-refractivity contribution in [2.75, 3.05) is 13.2 Å². The van der Waals surface area contributed by atoms with E-state index in [4.69, 9.17) is 4.74 Å². The van der Waals surface area contributed by atoms with Crippen molar-refractivity contribution in [3.63, 3.8) is 0 Å². The molecule has 0 atom stereocenters. The summed E-state index contributed by atoms with van der Waals surface area (Å²) >= 11 is 0. The standard InChI is InChI=1S/C8H16O/c1-7(2)5-9-6-8(3)4/h8H,1,5-6H2,2-4H3. The Morgan fingerprint density at radius 1 is 1.56 bits per heavy atom. The summed E-state index contributed by atoms with van der Waals surface area (Å²) in [6, 6.07) is 0. The summed E-state index contributed by atoms with van der Waals surface area (Å²) in [7, 11) is 0. The first-order chi connectivity index (χ1) is 4.13. The van der Waals surface area contributed by atoms with E-state index in [1.807, 2.05) is 6.92 Å². The Bertz CT molecular complexity index is 84.6. The average Bonchev–Trinajstić information content (AvgIpc) is 1.63. The minimum Gasteiger partial charge on any atom is -0.377 e. The summed E-state index contributed by atoms with van der Waals surface area (Å²) in [4.78, 5) is 0. The van der Waals surface area contributed by atoms with Gasteiger partial charge in [-0.25, -0.2) is 0 Å². The minimum absolute atomic E-state index is 0.629. The molecule has 1 nitrogen and oxygen atoms in total. The van der Waals surface area contributed by atoms with Gasteiger partial charge >= 0.3 is 0 Å². The lowest BCUT2D eigenvalue weighted by atomic mass is 10.2. The zero-order valence-corrected chi connectivity index (χ0v) is 6.61. The van der Waals surface area contributed by atoms with E-state index in [1.54, 1.807) is 0 Å². The Kier molecular flexibility index (Phi) is 4.41. The van der Waals surface area contributed by atoms with Gasteiger partial charge < -0.3 is 4.74 Å². The third-order valence-electron chi connectivity index (χ3n) is 0.800. The van der Waals surface area contributed by atoms with Crippen molar-refractivity contribution in [3.05, 3.63) is 12.2 Å². The molecule has 0 aromatic carbocycles. The van der Waals surface area contributed by atoms with Crippen LogP contribution in [0.3, 0.4) is 0 Å². The van der Waals surface area contributed by atoms with Gasteiger partial charge in [-0.1, -0.05) is 26.0 Å². The molecule has 0 aliphatic carbocycles. The molecule has 0 aliphatic heterocycles. The molecule has 0 aromatic heterocycles. The Hall–Kier alpha value is -0.300. The monoisotopic (exact) mass is 128 g/mol. The highest BCUT2D eigenvalue weighted by Crippen LogP contribution is 1.94. The third-order valence-corrected chi connectivity index (χ3v) is 0.800. The van der Waals surface area contributed by atoms with Crippen LogP contribution in [0.5, 0.6) is 0 Å². The summed E-state index contributed by atoms with van der Waals surface area (Å²) in [5, 5.41) is 0. The highest BCUT2D eigenvalue weighted by molar-refractivity contribution is 4.87. The number of hydrogen-bond acceptors (Lipinski definition) is 1. The van der Waals surface area contributed by atoms with Crippen molar-refractivity contribution in [1.29, 1.82) is 0 Å². The number of rotatable bonds is 4. The molecule has 0 aromatic rings. The summed E-state index contributed by atoms with van der Waals surface area (Å²) in [6.45, 7) is 11.5. The fourth-order valence-corrected chi connectivity index (χ4v) is 0.469. The molecule has 1 heteroatoms. The second kappa shape index (κ2) is 4.57. The molecule has 0 heterocycles. The zero-order valence-electron chi connectivity index (χ0n) is 6.61. The molecule has 0 saturated heterocycles. The summed E-state index contributed by atoms with van der Waals surface area (Å²) in [5.41, 5.74) is 1.09. The molecule has 0 rings (SSSR count). The Balaban J connectivity index is 3.01. The van der Waals surface area contributed by atoms with Crippen molar-refractivity contribution < 1.29 is 4.74 Å². The minimum atomic E-state index is 0.629. The van der Waals surface area contributed by atoms with E-state index in [0.29, 0.717) is 12.5 Å². The lowest BCUT2D eigenvalue weighted by molar-refractivity contribution is 0.129. The molecule has 0 aliphatic rings. The number of ether oxygens (including phenoxy) is 1. The van der Waals surface area contributed by atoms with E-state index in [9.17, 15) is 0 Å².